The zero-order valence-corrected chi connectivity index (χ0v) is 15.2. The van der Waals surface area contributed by atoms with E-state index in [-0.39, 0.29) is 18.6 Å². The first-order valence-electron chi connectivity index (χ1n) is 8.40. The van der Waals surface area contributed by atoms with E-state index in [9.17, 15) is 4.79 Å². The van der Waals surface area contributed by atoms with Crippen LogP contribution in [0.4, 0.5) is 0 Å². The molecule has 0 unspecified atom stereocenters. The van der Waals surface area contributed by atoms with E-state index in [1.54, 1.807) is 14.1 Å². The minimum absolute atomic E-state index is 0.0379. The fourth-order valence-electron chi connectivity index (χ4n) is 3.07. The van der Waals surface area contributed by atoms with Crippen molar-refractivity contribution >= 4 is 5.91 Å². The van der Waals surface area contributed by atoms with Gasteiger partial charge >= 0.3 is 0 Å². The maximum atomic E-state index is 11.7. The number of nitrogens with zero attached hydrogens (tertiary/aromatic N) is 5. The molecule has 2 aromatic heterocycles. The standard InChI is InChI=1S/C17H25N5O3/c1-12-16(13(2)25-19-12)9-21-7-14-5-6-18-22(14)15(8-21)10-24-11-17(23)20(3)4/h5-6,15H,7-11H2,1-4H3/t15-/m0/s1. The van der Waals surface area contributed by atoms with E-state index in [1.165, 1.54) is 4.90 Å². The van der Waals surface area contributed by atoms with E-state index >= 15 is 0 Å². The van der Waals surface area contributed by atoms with Crippen LogP contribution >= 0.6 is 0 Å². The van der Waals surface area contributed by atoms with Gasteiger partial charge in [-0.3, -0.25) is 14.4 Å². The molecular weight excluding hydrogens is 322 g/mol. The Morgan fingerprint density at radius 3 is 2.92 bits per heavy atom. The molecule has 0 fully saturated rings. The smallest absolute Gasteiger partial charge is 0.248 e. The van der Waals surface area contributed by atoms with Gasteiger partial charge in [-0.2, -0.15) is 5.10 Å². The summed E-state index contributed by atoms with van der Waals surface area (Å²) in [5.74, 6) is 0.824. The average molecular weight is 347 g/mol. The molecule has 1 atom stereocenters. The lowest BCUT2D eigenvalue weighted by Gasteiger charge is -2.33. The summed E-state index contributed by atoms with van der Waals surface area (Å²) in [7, 11) is 3.45. The SMILES string of the molecule is Cc1noc(C)c1CN1Cc2ccnn2[C@H](COCC(=O)N(C)C)C1. The number of rotatable bonds is 6. The van der Waals surface area contributed by atoms with Gasteiger partial charge in [-0.25, -0.2) is 0 Å². The van der Waals surface area contributed by atoms with Crippen molar-refractivity contribution in [3.05, 3.63) is 35.0 Å². The Morgan fingerprint density at radius 1 is 1.44 bits per heavy atom. The molecule has 0 spiro atoms. The Kier molecular flexibility index (Phi) is 5.19. The number of hydrogen-bond donors (Lipinski definition) is 0. The summed E-state index contributed by atoms with van der Waals surface area (Å²) >= 11 is 0. The van der Waals surface area contributed by atoms with Crippen LogP contribution in [0.25, 0.3) is 0 Å². The monoisotopic (exact) mass is 347 g/mol. The van der Waals surface area contributed by atoms with Crippen LogP contribution in [0.5, 0.6) is 0 Å². The molecule has 136 valence electrons. The number of hydrogen-bond acceptors (Lipinski definition) is 6. The zero-order valence-electron chi connectivity index (χ0n) is 15.2. The molecule has 0 saturated carbocycles. The molecule has 8 nitrogen and oxygen atoms in total. The first-order chi connectivity index (χ1) is 12.0. The predicted molar refractivity (Wildman–Crippen MR) is 90.9 cm³/mol. The summed E-state index contributed by atoms with van der Waals surface area (Å²) in [6.07, 6.45) is 1.81. The van der Waals surface area contributed by atoms with E-state index in [0.717, 1.165) is 42.3 Å². The number of likely N-dealkylation sites (N-methyl/N-ethyl adjacent to an activating group) is 1. The number of amides is 1. The van der Waals surface area contributed by atoms with E-state index in [1.807, 2.05) is 30.8 Å². The van der Waals surface area contributed by atoms with Gasteiger partial charge in [0, 0.05) is 45.5 Å². The van der Waals surface area contributed by atoms with Crippen molar-refractivity contribution in [2.75, 3.05) is 33.9 Å². The zero-order chi connectivity index (χ0) is 18.0. The second kappa shape index (κ2) is 7.37. The second-order valence-electron chi connectivity index (χ2n) is 6.70. The van der Waals surface area contributed by atoms with Crippen LogP contribution in [0.2, 0.25) is 0 Å². The lowest BCUT2D eigenvalue weighted by atomic mass is 10.1. The molecule has 1 aliphatic heterocycles. The van der Waals surface area contributed by atoms with Gasteiger partial charge in [0.25, 0.3) is 0 Å². The maximum absolute atomic E-state index is 11.7. The quantitative estimate of drug-likeness (QED) is 0.780. The fraction of sp³-hybridized carbons (Fsp3) is 0.588. The molecule has 3 rings (SSSR count). The lowest BCUT2D eigenvalue weighted by Crippen LogP contribution is -2.39. The highest BCUT2D eigenvalue weighted by Gasteiger charge is 2.27. The highest BCUT2D eigenvalue weighted by Crippen LogP contribution is 2.24. The molecule has 3 heterocycles. The molecule has 0 bridgehead atoms. The van der Waals surface area contributed by atoms with Gasteiger partial charge in [0.2, 0.25) is 5.91 Å². The van der Waals surface area contributed by atoms with Gasteiger partial charge in [0.1, 0.15) is 12.4 Å². The number of carbonyl (C=O) groups is 1. The molecule has 0 radical (unpaired) electrons. The minimum atomic E-state index is -0.0379. The van der Waals surface area contributed by atoms with Crippen molar-refractivity contribution in [2.24, 2.45) is 0 Å². The summed E-state index contributed by atoms with van der Waals surface area (Å²) in [6.45, 7) is 6.84. The predicted octanol–water partition coefficient (Wildman–Crippen LogP) is 1.15. The molecular formula is C17H25N5O3. The van der Waals surface area contributed by atoms with Crippen LogP contribution < -0.4 is 0 Å². The lowest BCUT2D eigenvalue weighted by molar-refractivity contribution is -0.134. The first-order valence-corrected chi connectivity index (χ1v) is 8.40. The van der Waals surface area contributed by atoms with Gasteiger partial charge in [-0.05, 0) is 19.9 Å². The van der Waals surface area contributed by atoms with E-state index in [2.05, 4.69) is 15.2 Å². The molecule has 2 aromatic rings. The molecule has 1 aliphatic rings. The first kappa shape index (κ1) is 17.6. The molecule has 8 heteroatoms. The number of ether oxygens (including phenoxy) is 1. The molecule has 0 aliphatic carbocycles. The van der Waals surface area contributed by atoms with Crippen LogP contribution in [0, 0.1) is 13.8 Å². The number of aromatic nitrogens is 3. The van der Waals surface area contributed by atoms with Gasteiger partial charge in [-0.15, -0.1) is 0 Å². The third-order valence-corrected chi connectivity index (χ3v) is 4.55. The van der Waals surface area contributed by atoms with Crippen LogP contribution in [-0.4, -0.2) is 64.5 Å². The third kappa shape index (κ3) is 3.91. The Bertz CT molecular complexity index is 717. The Balaban J connectivity index is 1.66. The molecule has 0 aromatic carbocycles. The summed E-state index contributed by atoms with van der Waals surface area (Å²) in [6, 6.07) is 2.10. The normalized spacial score (nSPS) is 17.5. The van der Waals surface area contributed by atoms with Gasteiger partial charge in [0.15, 0.2) is 0 Å². The number of fused-ring (bicyclic) bond motifs is 1. The minimum Gasteiger partial charge on any atom is -0.369 e. The van der Waals surface area contributed by atoms with E-state index in [4.69, 9.17) is 9.26 Å². The molecule has 0 saturated heterocycles. The summed E-state index contributed by atoms with van der Waals surface area (Å²) in [5.41, 5.74) is 3.21. The summed E-state index contributed by atoms with van der Waals surface area (Å²) < 4.78 is 12.9. The molecule has 0 N–H and O–H groups in total. The van der Waals surface area contributed by atoms with Crippen LogP contribution in [0.1, 0.15) is 28.8 Å². The topological polar surface area (TPSA) is 76.6 Å². The Labute approximate surface area is 147 Å². The van der Waals surface area contributed by atoms with Crippen molar-refractivity contribution in [1.29, 1.82) is 0 Å². The Hall–Kier alpha value is -2.19. The fourth-order valence-corrected chi connectivity index (χ4v) is 3.07. The van der Waals surface area contributed by atoms with Gasteiger partial charge in [0.05, 0.1) is 24.0 Å². The van der Waals surface area contributed by atoms with E-state index < -0.39 is 0 Å². The maximum Gasteiger partial charge on any atom is 0.248 e. The van der Waals surface area contributed by atoms with Crippen molar-refractivity contribution in [2.45, 2.75) is 33.0 Å². The highest BCUT2D eigenvalue weighted by molar-refractivity contribution is 5.76. The van der Waals surface area contributed by atoms with Crippen molar-refractivity contribution < 1.29 is 14.1 Å². The van der Waals surface area contributed by atoms with Crippen LogP contribution in [0.3, 0.4) is 0 Å². The van der Waals surface area contributed by atoms with Crippen molar-refractivity contribution in [3.63, 3.8) is 0 Å². The molecule has 1 amide bonds. The van der Waals surface area contributed by atoms with Gasteiger partial charge < -0.3 is 14.2 Å². The van der Waals surface area contributed by atoms with Crippen LogP contribution in [0.15, 0.2) is 16.8 Å². The van der Waals surface area contributed by atoms with Crippen molar-refractivity contribution in [1.82, 2.24) is 24.7 Å². The summed E-state index contributed by atoms with van der Waals surface area (Å²) in [4.78, 5) is 15.6. The largest absolute Gasteiger partial charge is 0.369 e. The van der Waals surface area contributed by atoms with Gasteiger partial charge in [-0.1, -0.05) is 5.16 Å². The molecule has 25 heavy (non-hydrogen) atoms. The Morgan fingerprint density at radius 2 is 2.24 bits per heavy atom. The number of carbonyl (C=O) groups excluding carboxylic acids is 1. The average Bonchev–Trinajstić information content (AvgIpc) is 3.16. The number of aryl methyl sites for hydroxylation is 2. The van der Waals surface area contributed by atoms with Crippen molar-refractivity contribution in [3.8, 4) is 0 Å². The second-order valence-corrected chi connectivity index (χ2v) is 6.70. The van der Waals surface area contributed by atoms with Crippen LogP contribution in [-0.2, 0) is 22.6 Å². The van der Waals surface area contributed by atoms with E-state index in [0.29, 0.717) is 6.61 Å². The summed E-state index contributed by atoms with van der Waals surface area (Å²) in [5, 5.41) is 8.46. The third-order valence-electron chi connectivity index (χ3n) is 4.55. The highest BCUT2D eigenvalue weighted by atomic mass is 16.5.